The Balaban J connectivity index is 2.36. The summed E-state index contributed by atoms with van der Waals surface area (Å²) in [5.74, 6) is 0.158. The Morgan fingerprint density at radius 3 is 2.43 bits per heavy atom. The molecule has 0 radical (unpaired) electrons. The van der Waals surface area contributed by atoms with Crippen LogP contribution in [0.25, 0.3) is 0 Å². The summed E-state index contributed by atoms with van der Waals surface area (Å²) in [6, 6.07) is 7.19. The second-order valence-electron chi connectivity index (χ2n) is 5.60. The quantitative estimate of drug-likeness (QED) is 0.716. The van der Waals surface area contributed by atoms with Gasteiger partial charge in [0.25, 0.3) is 0 Å². The summed E-state index contributed by atoms with van der Waals surface area (Å²) in [5, 5.41) is 8.57. The lowest BCUT2D eigenvalue weighted by Crippen LogP contribution is -2.45. The Morgan fingerprint density at radius 1 is 1.14 bits per heavy atom. The second kappa shape index (κ2) is 8.42. The number of amides is 2. The van der Waals surface area contributed by atoms with Gasteiger partial charge in [-0.2, -0.15) is 0 Å². The van der Waals surface area contributed by atoms with Crippen LogP contribution in [0.3, 0.4) is 0 Å². The van der Waals surface area contributed by atoms with Crippen LogP contribution in [0.2, 0.25) is 0 Å². The van der Waals surface area contributed by atoms with Crippen LogP contribution in [0.1, 0.15) is 26.3 Å². The Morgan fingerprint density at radius 2 is 1.81 bits per heavy atom. The molecule has 5 heteroatoms. The summed E-state index contributed by atoms with van der Waals surface area (Å²) >= 11 is 0. The molecule has 0 aliphatic carbocycles. The van der Waals surface area contributed by atoms with Crippen molar-refractivity contribution in [1.82, 2.24) is 10.6 Å². The fraction of sp³-hybridized carbons (Fsp3) is 0.500. The first-order valence-electron chi connectivity index (χ1n) is 7.26. The molecule has 5 nitrogen and oxygen atoms in total. The van der Waals surface area contributed by atoms with E-state index in [1.165, 1.54) is 0 Å². The number of nitrogens with one attached hydrogen (secondary N) is 3. The molecule has 0 bridgehead atoms. The van der Waals surface area contributed by atoms with Crippen molar-refractivity contribution in [3.8, 4) is 0 Å². The molecule has 21 heavy (non-hydrogen) atoms. The van der Waals surface area contributed by atoms with Crippen LogP contribution < -0.4 is 16.0 Å². The third kappa shape index (κ3) is 6.40. The minimum atomic E-state index is -0.397. The van der Waals surface area contributed by atoms with E-state index in [0.29, 0.717) is 12.5 Å². The number of benzene rings is 1. The summed E-state index contributed by atoms with van der Waals surface area (Å²) in [7, 11) is 0. The third-order valence-corrected chi connectivity index (χ3v) is 3.07. The van der Waals surface area contributed by atoms with Crippen molar-refractivity contribution < 1.29 is 9.59 Å². The van der Waals surface area contributed by atoms with Crippen LogP contribution in [0.5, 0.6) is 0 Å². The molecule has 1 unspecified atom stereocenters. The summed E-state index contributed by atoms with van der Waals surface area (Å²) in [5.41, 5.74) is 1.80. The third-order valence-electron chi connectivity index (χ3n) is 3.07. The normalized spacial score (nSPS) is 12.0. The fourth-order valence-electron chi connectivity index (χ4n) is 1.70. The first-order chi connectivity index (χ1) is 9.90. The van der Waals surface area contributed by atoms with Gasteiger partial charge in [0.05, 0.1) is 12.6 Å². The van der Waals surface area contributed by atoms with Crippen molar-refractivity contribution in [2.45, 2.75) is 33.7 Å². The smallest absolute Gasteiger partial charge is 0.238 e. The molecule has 1 aromatic rings. The number of anilines is 1. The van der Waals surface area contributed by atoms with E-state index in [-0.39, 0.29) is 18.4 Å². The van der Waals surface area contributed by atoms with Crippen molar-refractivity contribution in [3.05, 3.63) is 29.8 Å². The maximum atomic E-state index is 11.9. The molecular formula is C16H25N3O2. The molecule has 1 atom stereocenters. The van der Waals surface area contributed by atoms with E-state index in [4.69, 9.17) is 0 Å². The SMILES string of the molecule is Cc1ccccc1NC(=O)CNC(C)C(=O)NCC(C)C. The van der Waals surface area contributed by atoms with Crippen molar-refractivity contribution in [1.29, 1.82) is 0 Å². The summed E-state index contributed by atoms with van der Waals surface area (Å²) in [4.78, 5) is 23.6. The molecule has 0 saturated carbocycles. The monoisotopic (exact) mass is 291 g/mol. The van der Waals surface area contributed by atoms with Gasteiger partial charge in [0.15, 0.2) is 0 Å². The van der Waals surface area contributed by atoms with E-state index in [1.807, 2.05) is 45.0 Å². The number of rotatable bonds is 7. The molecule has 0 aliphatic rings. The summed E-state index contributed by atoms with van der Waals surface area (Å²) < 4.78 is 0. The standard InChI is InChI=1S/C16H25N3O2/c1-11(2)9-18-16(21)13(4)17-10-15(20)19-14-8-6-5-7-12(14)3/h5-8,11,13,17H,9-10H2,1-4H3,(H,18,21)(H,19,20). The molecule has 0 aromatic heterocycles. The Bertz CT molecular complexity index is 486. The molecular weight excluding hydrogens is 266 g/mol. The van der Waals surface area contributed by atoms with Gasteiger partial charge < -0.3 is 10.6 Å². The van der Waals surface area contributed by atoms with Crippen LogP contribution in [0.15, 0.2) is 24.3 Å². The average molecular weight is 291 g/mol. The van der Waals surface area contributed by atoms with Gasteiger partial charge in [0.1, 0.15) is 0 Å². The zero-order valence-electron chi connectivity index (χ0n) is 13.2. The van der Waals surface area contributed by atoms with E-state index in [1.54, 1.807) is 6.92 Å². The minimum absolute atomic E-state index is 0.0904. The van der Waals surface area contributed by atoms with Crippen molar-refractivity contribution in [2.24, 2.45) is 5.92 Å². The molecule has 0 saturated heterocycles. The minimum Gasteiger partial charge on any atom is -0.354 e. The van der Waals surface area contributed by atoms with E-state index in [9.17, 15) is 9.59 Å². The van der Waals surface area contributed by atoms with E-state index >= 15 is 0 Å². The van der Waals surface area contributed by atoms with Crippen LogP contribution in [-0.2, 0) is 9.59 Å². The van der Waals surface area contributed by atoms with Gasteiger partial charge in [-0.3, -0.25) is 14.9 Å². The molecule has 0 fully saturated rings. The van der Waals surface area contributed by atoms with Gasteiger partial charge in [-0.05, 0) is 31.4 Å². The molecule has 0 heterocycles. The molecule has 116 valence electrons. The van der Waals surface area contributed by atoms with Crippen LogP contribution >= 0.6 is 0 Å². The first kappa shape index (κ1) is 17.2. The van der Waals surface area contributed by atoms with Gasteiger partial charge in [-0.25, -0.2) is 0 Å². The summed E-state index contributed by atoms with van der Waals surface area (Å²) in [6.45, 7) is 8.49. The molecule has 0 spiro atoms. The van der Waals surface area contributed by atoms with E-state index in [2.05, 4.69) is 16.0 Å². The van der Waals surface area contributed by atoms with Crippen LogP contribution in [-0.4, -0.2) is 30.9 Å². The zero-order chi connectivity index (χ0) is 15.8. The van der Waals surface area contributed by atoms with Gasteiger partial charge in [0, 0.05) is 12.2 Å². The van der Waals surface area contributed by atoms with E-state index in [0.717, 1.165) is 11.3 Å². The lowest BCUT2D eigenvalue weighted by Gasteiger charge is -2.15. The lowest BCUT2D eigenvalue weighted by molar-refractivity contribution is -0.123. The number of hydrogen-bond acceptors (Lipinski definition) is 3. The molecule has 0 aliphatic heterocycles. The van der Waals surface area contributed by atoms with Gasteiger partial charge in [-0.1, -0.05) is 32.0 Å². The highest BCUT2D eigenvalue weighted by Gasteiger charge is 2.13. The van der Waals surface area contributed by atoms with Crippen molar-refractivity contribution >= 4 is 17.5 Å². The Kier molecular flexibility index (Phi) is 6.88. The van der Waals surface area contributed by atoms with Gasteiger partial charge >= 0.3 is 0 Å². The number of hydrogen-bond donors (Lipinski definition) is 3. The number of carbonyl (C=O) groups is 2. The Labute approximate surface area is 126 Å². The predicted octanol–water partition coefficient (Wildman–Crippen LogP) is 1.68. The largest absolute Gasteiger partial charge is 0.354 e. The molecule has 1 rings (SSSR count). The van der Waals surface area contributed by atoms with E-state index < -0.39 is 6.04 Å². The molecule has 2 amide bonds. The second-order valence-corrected chi connectivity index (χ2v) is 5.60. The van der Waals surface area contributed by atoms with Crippen LogP contribution in [0.4, 0.5) is 5.69 Å². The van der Waals surface area contributed by atoms with Crippen LogP contribution in [0, 0.1) is 12.8 Å². The predicted molar refractivity (Wildman–Crippen MR) is 85.1 cm³/mol. The fourth-order valence-corrected chi connectivity index (χ4v) is 1.70. The van der Waals surface area contributed by atoms with Gasteiger partial charge in [0.2, 0.25) is 11.8 Å². The summed E-state index contributed by atoms with van der Waals surface area (Å²) in [6.07, 6.45) is 0. The maximum Gasteiger partial charge on any atom is 0.238 e. The average Bonchev–Trinajstić information content (AvgIpc) is 2.44. The van der Waals surface area contributed by atoms with Gasteiger partial charge in [-0.15, -0.1) is 0 Å². The highest BCUT2D eigenvalue weighted by atomic mass is 16.2. The zero-order valence-corrected chi connectivity index (χ0v) is 13.2. The Hall–Kier alpha value is -1.88. The topological polar surface area (TPSA) is 70.2 Å². The lowest BCUT2D eigenvalue weighted by atomic mass is 10.2. The highest BCUT2D eigenvalue weighted by Crippen LogP contribution is 2.12. The maximum absolute atomic E-state index is 11.9. The number of carbonyl (C=O) groups excluding carboxylic acids is 2. The number of aryl methyl sites for hydroxylation is 1. The highest BCUT2D eigenvalue weighted by molar-refractivity contribution is 5.93. The van der Waals surface area contributed by atoms with Crippen molar-refractivity contribution in [3.63, 3.8) is 0 Å². The molecule has 1 aromatic carbocycles. The first-order valence-corrected chi connectivity index (χ1v) is 7.26. The number of para-hydroxylation sites is 1. The van der Waals surface area contributed by atoms with Crippen molar-refractivity contribution in [2.75, 3.05) is 18.4 Å². The molecule has 3 N–H and O–H groups in total.